The van der Waals surface area contributed by atoms with Crippen LogP contribution in [-0.2, 0) is 6.42 Å². The highest BCUT2D eigenvalue weighted by atomic mass is 32.1. The minimum absolute atomic E-state index is 0.0566. The highest BCUT2D eigenvalue weighted by Crippen LogP contribution is 2.41. The van der Waals surface area contributed by atoms with Gasteiger partial charge in [-0.3, -0.25) is 4.90 Å². The summed E-state index contributed by atoms with van der Waals surface area (Å²) in [6, 6.07) is 10.9. The molecule has 1 aromatic carbocycles. The van der Waals surface area contributed by atoms with Crippen LogP contribution in [0.15, 0.2) is 41.9 Å². The normalized spacial score (nSPS) is 23.1. The predicted molar refractivity (Wildman–Crippen MR) is 103 cm³/mol. The molecule has 3 nitrogen and oxygen atoms in total. The van der Waals surface area contributed by atoms with Crippen molar-refractivity contribution >= 4 is 21.4 Å². The lowest BCUT2D eigenvalue weighted by Crippen LogP contribution is -2.51. The van der Waals surface area contributed by atoms with Crippen molar-refractivity contribution in [1.29, 1.82) is 0 Å². The largest absolute Gasteiger partial charge is 0.469 e. The third kappa shape index (κ3) is 2.55. The number of aromatic nitrogens is 1. The number of nitrogens with zero attached hydrogens (tertiary/aromatic N) is 2. The van der Waals surface area contributed by atoms with Gasteiger partial charge < -0.3 is 4.74 Å². The average molecular weight is 350 g/mol. The molecule has 128 valence electrons. The highest BCUT2D eigenvalue weighted by Gasteiger charge is 2.43. The van der Waals surface area contributed by atoms with Crippen LogP contribution in [0.25, 0.3) is 21.2 Å². The Kier molecular flexibility index (Phi) is 3.57. The number of benzene rings is 1. The third-order valence-corrected chi connectivity index (χ3v) is 6.57. The minimum Gasteiger partial charge on any atom is -0.469 e. The van der Waals surface area contributed by atoms with Crippen LogP contribution in [0.1, 0.15) is 25.3 Å². The number of fused-ring (bicyclic) bond motifs is 2. The Labute approximate surface area is 152 Å². The average Bonchev–Trinajstić information content (AvgIpc) is 3.21. The van der Waals surface area contributed by atoms with Crippen LogP contribution >= 0.6 is 11.3 Å². The molecular formula is C21H22N2OS. The van der Waals surface area contributed by atoms with Gasteiger partial charge >= 0.3 is 0 Å². The monoisotopic (exact) mass is 350 g/mol. The molecule has 3 aromatic rings. The summed E-state index contributed by atoms with van der Waals surface area (Å²) in [4.78, 5) is 7.19. The predicted octanol–water partition coefficient (Wildman–Crippen LogP) is 4.75. The topological polar surface area (TPSA) is 25.4 Å². The molecule has 2 aliphatic heterocycles. The number of likely N-dealkylation sites (tertiary alicyclic amines) is 1. The van der Waals surface area contributed by atoms with Gasteiger partial charge in [0.1, 0.15) is 5.60 Å². The summed E-state index contributed by atoms with van der Waals surface area (Å²) in [5.41, 5.74) is 3.71. The Bertz CT molecular complexity index is 935. The number of likely N-dealkylation sites (N-methyl/N-ethyl adjacent to an activating group) is 1. The summed E-state index contributed by atoms with van der Waals surface area (Å²) < 4.78 is 7.71. The van der Waals surface area contributed by atoms with Gasteiger partial charge in [0.25, 0.3) is 0 Å². The second-order valence-electron chi connectivity index (χ2n) is 7.27. The number of hydrogen-bond donors (Lipinski definition) is 0. The first-order valence-electron chi connectivity index (χ1n) is 9.13. The van der Waals surface area contributed by atoms with E-state index < -0.39 is 0 Å². The Balaban J connectivity index is 1.49. The molecule has 1 atom stereocenters. The lowest BCUT2D eigenvalue weighted by molar-refractivity contribution is 0.00781. The molecule has 25 heavy (non-hydrogen) atoms. The maximum Gasteiger partial charge on any atom is 0.217 e. The quantitative estimate of drug-likeness (QED) is 0.667. The van der Waals surface area contributed by atoms with Crippen molar-refractivity contribution in [2.75, 3.05) is 19.6 Å². The van der Waals surface area contributed by atoms with Crippen LogP contribution in [0, 0.1) is 0 Å². The SMILES string of the molecule is CCN1CCC[C@]2(Cc3cc(-c4csc5ccccc45)cnc3O2)C1. The van der Waals surface area contributed by atoms with Gasteiger partial charge in [0.15, 0.2) is 0 Å². The molecule has 0 bridgehead atoms. The standard InChI is InChI=1S/C21H22N2OS/c1-2-23-9-5-8-21(14-23)11-15-10-16(12-22-20(15)24-21)18-13-25-19-7-4-3-6-17(18)19/h3-4,6-7,10,12-13H,2,5,8-9,11,14H2,1H3/t21-/m0/s1. The van der Waals surface area contributed by atoms with E-state index in [2.05, 4.69) is 52.5 Å². The number of hydrogen-bond acceptors (Lipinski definition) is 4. The lowest BCUT2D eigenvalue weighted by atomic mass is 9.88. The number of rotatable bonds is 2. The van der Waals surface area contributed by atoms with E-state index in [1.807, 2.05) is 6.20 Å². The van der Waals surface area contributed by atoms with Crippen LogP contribution in [0.2, 0.25) is 0 Å². The van der Waals surface area contributed by atoms with Crippen molar-refractivity contribution in [2.24, 2.45) is 0 Å². The summed E-state index contributed by atoms with van der Waals surface area (Å²) in [5.74, 6) is 0.848. The van der Waals surface area contributed by atoms with E-state index in [0.717, 1.165) is 31.8 Å². The fourth-order valence-corrected chi connectivity index (χ4v) is 5.31. The Morgan fingerprint density at radius 1 is 1.32 bits per heavy atom. The molecule has 0 amide bonds. The smallest absolute Gasteiger partial charge is 0.217 e. The second kappa shape index (κ2) is 5.82. The van der Waals surface area contributed by atoms with Gasteiger partial charge in [0.2, 0.25) is 5.88 Å². The number of piperidine rings is 1. The molecule has 0 saturated carbocycles. The van der Waals surface area contributed by atoms with Crippen LogP contribution in [0.4, 0.5) is 0 Å². The molecule has 2 aromatic heterocycles. The molecule has 1 spiro atoms. The van der Waals surface area contributed by atoms with Crippen LogP contribution in [0.5, 0.6) is 5.88 Å². The van der Waals surface area contributed by atoms with Crippen molar-refractivity contribution in [3.05, 3.63) is 47.5 Å². The summed E-state index contributed by atoms with van der Waals surface area (Å²) in [6.07, 6.45) is 5.31. The Morgan fingerprint density at radius 3 is 3.16 bits per heavy atom. The number of pyridine rings is 1. The summed E-state index contributed by atoms with van der Waals surface area (Å²) in [7, 11) is 0. The zero-order chi connectivity index (χ0) is 16.9. The molecule has 0 radical (unpaired) electrons. The highest BCUT2D eigenvalue weighted by molar-refractivity contribution is 7.17. The van der Waals surface area contributed by atoms with Gasteiger partial charge in [-0.1, -0.05) is 25.1 Å². The van der Waals surface area contributed by atoms with Gasteiger partial charge in [-0.05, 0) is 43.4 Å². The molecule has 4 heteroatoms. The van der Waals surface area contributed by atoms with Gasteiger partial charge in [-0.25, -0.2) is 4.98 Å². The zero-order valence-electron chi connectivity index (χ0n) is 14.5. The van der Waals surface area contributed by atoms with E-state index in [1.165, 1.54) is 39.7 Å². The first-order chi connectivity index (χ1) is 12.3. The fourth-order valence-electron chi connectivity index (χ4n) is 4.34. The van der Waals surface area contributed by atoms with Gasteiger partial charge in [0, 0.05) is 45.9 Å². The minimum atomic E-state index is -0.0566. The van der Waals surface area contributed by atoms with Crippen molar-refractivity contribution in [3.8, 4) is 17.0 Å². The van der Waals surface area contributed by atoms with Gasteiger partial charge in [0.05, 0.1) is 0 Å². The molecule has 4 heterocycles. The molecule has 1 saturated heterocycles. The van der Waals surface area contributed by atoms with E-state index in [0.29, 0.717) is 0 Å². The van der Waals surface area contributed by atoms with E-state index in [1.54, 1.807) is 11.3 Å². The maximum atomic E-state index is 6.38. The Morgan fingerprint density at radius 2 is 2.24 bits per heavy atom. The van der Waals surface area contributed by atoms with Crippen molar-refractivity contribution in [3.63, 3.8) is 0 Å². The molecule has 0 unspecified atom stereocenters. The first kappa shape index (κ1) is 15.4. The molecule has 2 aliphatic rings. The fraction of sp³-hybridized carbons (Fsp3) is 0.381. The van der Waals surface area contributed by atoms with E-state index in [4.69, 9.17) is 4.74 Å². The molecule has 5 rings (SSSR count). The van der Waals surface area contributed by atoms with Gasteiger partial charge in [-0.2, -0.15) is 0 Å². The summed E-state index contributed by atoms with van der Waals surface area (Å²) in [6.45, 7) is 5.55. The van der Waals surface area contributed by atoms with Crippen LogP contribution in [0.3, 0.4) is 0 Å². The summed E-state index contributed by atoms with van der Waals surface area (Å²) >= 11 is 1.80. The lowest BCUT2D eigenvalue weighted by Gasteiger charge is -2.38. The molecule has 0 aliphatic carbocycles. The maximum absolute atomic E-state index is 6.38. The molecular weight excluding hydrogens is 328 g/mol. The second-order valence-corrected chi connectivity index (χ2v) is 8.18. The summed E-state index contributed by atoms with van der Waals surface area (Å²) in [5, 5.41) is 3.57. The van der Waals surface area contributed by atoms with E-state index >= 15 is 0 Å². The first-order valence-corrected chi connectivity index (χ1v) is 10.0. The van der Waals surface area contributed by atoms with Crippen LogP contribution in [-0.4, -0.2) is 35.1 Å². The van der Waals surface area contributed by atoms with E-state index in [9.17, 15) is 0 Å². The molecule has 0 N–H and O–H groups in total. The third-order valence-electron chi connectivity index (χ3n) is 5.61. The van der Waals surface area contributed by atoms with E-state index in [-0.39, 0.29) is 5.60 Å². The number of thiophene rings is 1. The van der Waals surface area contributed by atoms with Crippen molar-refractivity contribution in [2.45, 2.75) is 31.8 Å². The van der Waals surface area contributed by atoms with Gasteiger partial charge in [-0.15, -0.1) is 11.3 Å². The molecule has 1 fully saturated rings. The van der Waals surface area contributed by atoms with Crippen LogP contribution < -0.4 is 4.74 Å². The van der Waals surface area contributed by atoms with Crippen molar-refractivity contribution < 1.29 is 4.74 Å². The Hall–Kier alpha value is -1.91. The number of ether oxygens (including phenoxy) is 1. The zero-order valence-corrected chi connectivity index (χ0v) is 15.3. The van der Waals surface area contributed by atoms with Crippen molar-refractivity contribution in [1.82, 2.24) is 9.88 Å².